The van der Waals surface area contributed by atoms with Gasteiger partial charge in [0.25, 0.3) is 5.91 Å². The maximum atomic E-state index is 12.2. The number of hydrogen-bond donors (Lipinski definition) is 0. The van der Waals surface area contributed by atoms with Crippen molar-refractivity contribution in [1.29, 1.82) is 0 Å². The van der Waals surface area contributed by atoms with E-state index in [1.54, 1.807) is 11.8 Å². The molecule has 6 nitrogen and oxygen atoms in total. The number of imide groups is 1. The van der Waals surface area contributed by atoms with E-state index < -0.39 is 5.54 Å². The first-order valence-electron chi connectivity index (χ1n) is 5.80. The second kappa shape index (κ2) is 3.78. The van der Waals surface area contributed by atoms with Crippen LogP contribution in [0.1, 0.15) is 24.8 Å². The maximum Gasteiger partial charge on any atom is 0.328 e. The van der Waals surface area contributed by atoms with Crippen LogP contribution in [-0.2, 0) is 11.3 Å². The van der Waals surface area contributed by atoms with Crippen LogP contribution >= 0.6 is 11.3 Å². The van der Waals surface area contributed by atoms with E-state index in [0.717, 1.165) is 12.8 Å². The molecular weight excluding hydrogens is 251 g/mol. The quantitative estimate of drug-likeness (QED) is 0.551. The van der Waals surface area contributed by atoms with E-state index in [9.17, 15) is 9.59 Å². The van der Waals surface area contributed by atoms with Gasteiger partial charge in [-0.2, -0.15) is 5.10 Å². The molecule has 2 fully saturated rings. The van der Waals surface area contributed by atoms with Crippen LogP contribution < -0.4 is 4.91 Å². The first kappa shape index (κ1) is 11.6. The molecule has 1 aliphatic heterocycles. The molecule has 18 heavy (non-hydrogen) atoms. The third-order valence-corrected chi connectivity index (χ3v) is 4.17. The molecule has 1 saturated carbocycles. The minimum absolute atomic E-state index is 0.0764. The summed E-state index contributed by atoms with van der Waals surface area (Å²) in [7, 11) is 5.52. The highest BCUT2D eigenvalue weighted by atomic mass is 32.1. The van der Waals surface area contributed by atoms with Crippen molar-refractivity contribution >= 4 is 36.0 Å². The van der Waals surface area contributed by atoms with Gasteiger partial charge in [0.05, 0.1) is 11.5 Å². The summed E-state index contributed by atoms with van der Waals surface area (Å²) in [5.41, 5.74) is -0.604. The van der Waals surface area contributed by atoms with Gasteiger partial charge >= 0.3 is 6.03 Å². The molecule has 0 bridgehead atoms. The summed E-state index contributed by atoms with van der Waals surface area (Å²) in [6.45, 7) is 2.53. The van der Waals surface area contributed by atoms with Gasteiger partial charge in [0.2, 0.25) is 0 Å². The van der Waals surface area contributed by atoms with E-state index in [0.29, 0.717) is 23.0 Å². The number of nitrogens with zero attached hydrogens (tertiary/aromatic N) is 4. The van der Waals surface area contributed by atoms with Crippen molar-refractivity contribution in [2.24, 2.45) is 0 Å². The highest BCUT2D eigenvalue weighted by Crippen LogP contribution is 2.48. The Hall–Kier alpha value is -1.44. The molecule has 2 heterocycles. The average molecular weight is 262 g/mol. The van der Waals surface area contributed by atoms with Crippen molar-refractivity contribution in [3.63, 3.8) is 0 Å². The molecular formula is C10H11BN4O2S. The number of urea groups is 1. The van der Waals surface area contributed by atoms with Crippen LogP contribution in [0.5, 0.6) is 0 Å². The summed E-state index contributed by atoms with van der Waals surface area (Å²) in [5, 5.41) is 8.29. The predicted molar refractivity (Wildman–Crippen MR) is 65.6 cm³/mol. The van der Waals surface area contributed by atoms with Gasteiger partial charge in [0, 0.05) is 6.54 Å². The molecule has 3 rings (SSSR count). The molecule has 8 heteroatoms. The van der Waals surface area contributed by atoms with Crippen molar-refractivity contribution in [2.45, 2.75) is 31.8 Å². The topological polar surface area (TPSA) is 66.4 Å². The van der Waals surface area contributed by atoms with Gasteiger partial charge in [-0.3, -0.25) is 9.69 Å². The van der Waals surface area contributed by atoms with Crippen LogP contribution in [0.25, 0.3) is 0 Å². The Kier molecular flexibility index (Phi) is 2.44. The molecule has 1 saturated heterocycles. The molecule has 1 aromatic rings. The van der Waals surface area contributed by atoms with Crippen LogP contribution in [0.4, 0.5) is 4.79 Å². The van der Waals surface area contributed by atoms with Gasteiger partial charge in [-0.25, -0.2) is 4.79 Å². The molecule has 1 spiro atoms. The van der Waals surface area contributed by atoms with E-state index >= 15 is 0 Å². The highest BCUT2D eigenvalue weighted by Gasteiger charge is 2.64. The van der Waals surface area contributed by atoms with Crippen LogP contribution in [0.2, 0.25) is 0 Å². The number of likely N-dealkylation sites (N-methyl/N-ethyl adjacent to an activating group) is 1. The summed E-state index contributed by atoms with van der Waals surface area (Å²) in [6, 6.07) is -0.228. The van der Waals surface area contributed by atoms with Gasteiger partial charge in [-0.1, -0.05) is 0 Å². The lowest BCUT2D eigenvalue weighted by molar-refractivity contribution is -0.129. The second-order valence-electron chi connectivity index (χ2n) is 4.48. The number of carbonyl (C=O) groups is 2. The monoisotopic (exact) mass is 262 g/mol. The van der Waals surface area contributed by atoms with Gasteiger partial charge in [-0.15, -0.1) is 16.4 Å². The van der Waals surface area contributed by atoms with E-state index in [2.05, 4.69) is 10.2 Å². The zero-order chi connectivity index (χ0) is 12.9. The SMILES string of the molecule is [B]c1nnc(CN2C(=O)N(CC)C(=O)C23CC3)s1. The van der Waals surface area contributed by atoms with Gasteiger partial charge in [0.15, 0.2) is 7.85 Å². The van der Waals surface area contributed by atoms with Crippen LogP contribution in [-0.4, -0.2) is 51.9 Å². The van der Waals surface area contributed by atoms with Crippen molar-refractivity contribution < 1.29 is 9.59 Å². The van der Waals surface area contributed by atoms with Crippen LogP contribution in [0, 0.1) is 0 Å². The highest BCUT2D eigenvalue weighted by molar-refractivity contribution is 7.19. The fraction of sp³-hybridized carbons (Fsp3) is 0.600. The van der Waals surface area contributed by atoms with Gasteiger partial charge in [0.1, 0.15) is 10.5 Å². The Morgan fingerprint density at radius 2 is 2.11 bits per heavy atom. The molecule has 92 valence electrons. The number of hydrogen-bond acceptors (Lipinski definition) is 5. The number of aromatic nitrogens is 2. The second-order valence-corrected chi connectivity index (χ2v) is 5.58. The fourth-order valence-corrected chi connectivity index (χ4v) is 2.95. The lowest BCUT2D eigenvalue weighted by Crippen LogP contribution is -2.36. The normalized spacial score (nSPS) is 21.2. The summed E-state index contributed by atoms with van der Waals surface area (Å²) < 4.78 is 0. The number of amides is 3. The van der Waals surface area contributed by atoms with E-state index in [1.165, 1.54) is 16.2 Å². The van der Waals surface area contributed by atoms with E-state index in [1.807, 2.05) is 0 Å². The van der Waals surface area contributed by atoms with Crippen LogP contribution in [0.15, 0.2) is 0 Å². The smallest absolute Gasteiger partial charge is 0.303 e. The van der Waals surface area contributed by atoms with Gasteiger partial charge < -0.3 is 4.90 Å². The molecule has 0 unspecified atom stereocenters. The minimum Gasteiger partial charge on any atom is -0.303 e. The van der Waals surface area contributed by atoms with Crippen LogP contribution in [0.3, 0.4) is 0 Å². The summed E-state index contributed by atoms with van der Waals surface area (Å²) >= 11 is 1.25. The fourth-order valence-electron chi connectivity index (χ4n) is 2.35. The Bertz CT molecular complexity index is 528. The first-order valence-corrected chi connectivity index (χ1v) is 6.61. The van der Waals surface area contributed by atoms with Gasteiger partial charge in [-0.05, 0) is 19.8 Å². The predicted octanol–water partition coefficient (Wildman–Crippen LogP) is -0.351. The summed E-state index contributed by atoms with van der Waals surface area (Å²) in [4.78, 5) is 27.6. The lowest BCUT2D eigenvalue weighted by Gasteiger charge is -2.19. The largest absolute Gasteiger partial charge is 0.328 e. The molecule has 0 aromatic carbocycles. The van der Waals surface area contributed by atoms with E-state index in [-0.39, 0.29) is 11.9 Å². The lowest BCUT2D eigenvalue weighted by atomic mass is 10.2. The molecule has 0 atom stereocenters. The van der Waals surface area contributed by atoms with Crippen molar-refractivity contribution in [1.82, 2.24) is 20.0 Å². The zero-order valence-electron chi connectivity index (χ0n) is 9.92. The van der Waals surface area contributed by atoms with Crippen molar-refractivity contribution in [3.8, 4) is 0 Å². The first-order chi connectivity index (χ1) is 8.58. The number of carbonyl (C=O) groups excluding carboxylic acids is 2. The summed E-state index contributed by atoms with van der Waals surface area (Å²) in [5.74, 6) is -0.0764. The third-order valence-electron chi connectivity index (χ3n) is 3.44. The zero-order valence-corrected chi connectivity index (χ0v) is 10.7. The minimum atomic E-state index is -0.604. The average Bonchev–Trinajstić information content (AvgIpc) is 3.00. The Labute approximate surface area is 109 Å². The Morgan fingerprint density at radius 1 is 1.39 bits per heavy atom. The van der Waals surface area contributed by atoms with Crippen molar-refractivity contribution in [3.05, 3.63) is 5.01 Å². The molecule has 2 radical (unpaired) electrons. The number of rotatable bonds is 3. The Morgan fingerprint density at radius 3 is 2.61 bits per heavy atom. The maximum absolute atomic E-state index is 12.2. The molecule has 1 aliphatic carbocycles. The molecule has 1 aromatic heterocycles. The summed E-state index contributed by atoms with van der Waals surface area (Å²) in [6.07, 6.45) is 1.48. The van der Waals surface area contributed by atoms with Crippen molar-refractivity contribution in [2.75, 3.05) is 6.54 Å². The standard InChI is InChI=1S/C10H11BN4O2S/c1-2-14-7(16)10(3-4-10)15(9(14)17)5-6-12-13-8(11)18-6/h2-5H2,1H3. The molecule has 0 N–H and O–H groups in total. The molecule has 2 aliphatic rings. The Balaban J connectivity index is 1.87. The molecule has 3 amide bonds. The van der Waals surface area contributed by atoms with E-state index in [4.69, 9.17) is 7.85 Å². The third kappa shape index (κ3) is 1.48.